The Balaban J connectivity index is 2.09. The maximum absolute atomic E-state index is 13.6. The Morgan fingerprint density at radius 1 is 0.962 bits per heavy atom. The van der Waals surface area contributed by atoms with Crippen LogP contribution in [0.5, 0.6) is 0 Å². The van der Waals surface area contributed by atoms with E-state index < -0.39 is 29.2 Å². The van der Waals surface area contributed by atoms with Crippen LogP contribution in [0.25, 0.3) is 0 Å². The summed E-state index contributed by atoms with van der Waals surface area (Å²) in [5, 5.41) is 4.52. The smallest absolute Gasteiger partial charge is 0.319 e. The summed E-state index contributed by atoms with van der Waals surface area (Å²) in [5.74, 6) is -3.42. The van der Waals surface area contributed by atoms with Crippen LogP contribution in [0.2, 0.25) is 0 Å². The zero-order valence-corrected chi connectivity index (χ0v) is 14.6. The zero-order chi connectivity index (χ0) is 19.4. The molecule has 0 saturated carbocycles. The summed E-state index contributed by atoms with van der Waals surface area (Å²) in [7, 11) is 7.02. The second kappa shape index (κ2) is 7.85. The minimum atomic E-state index is -1.66. The van der Waals surface area contributed by atoms with Crippen molar-refractivity contribution in [2.24, 2.45) is 0 Å². The molecule has 0 unspecified atom stereocenters. The van der Waals surface area contributed by atoms with Gasteiger partial charge in [-0.1, -0.05) is 0 Å². The van der Waals surface area contributed by atoms with Crippen molar-refractivity contribution in [1.29, 1.82) is 0 Å². The molecule has 8 nitrogen and oxygen atoms in total. The summed E-state index contributed by atoms with van der Waals surface area (Å²) in [6.07, 6.45) is 0. The van der Waals surface area contributed by atoms with E-state index in [4.69, 9.17) is 0 Å². The maximum atomic E-state index is 13.6. The van der Waals surface area contributed by atoms with Crippen LogP contribution < -0.4 is 20.4 Å². The van der Waals surface area contributed by atoms with Crippen LogP contribution >= 0.6 is 0 Å². The Kier molecular flexibility index (Phi) is 5.80. The number of benzene rings is 1. The highest BCUT2D eigenvalue weighted by Gasteiger charge is 2.16. The predicted molar refractivity (Wildman–Crippen MR) is 90.7 cm³/mol. The number of nitrogens with one attached hydrogen (secondary N) is 2. The number of rotatable bonds is 5. The molecule has 0 aliphatic carbocycles. The second-order valence-corrected chi connectivity index (χ2v) is 5.67. The average molecular weight is 369 g/mol. The summed E-state index contributed by atoms with van der Waals surface area (Å²) < 4.78 is 39.6. The molecule has 2 N–H and O–H groups in total. The molecule has 1 aromatic heterocycles. The lowest BCUT2D eigenvalue weighted by Gasteiger charge is -2.16. The Morgan fingerprint density at radius 3 is 2.08 bits per heavy atom. The van der Waals surface area contributed by atoms with E-state index in [0.717, 1.165) is 6.07 Å². The number of anilines is 3. The van der Waals surface area contributed by atoms with Gasteiger partial charge in [0.1, 0.15) is 0 Å². The monoisotopic (exact) mass is 369 g/mol. The Hall–Kier alpha value is -3.11. The molecule has 1 heterocycles. The lowest BCUT2D eigenvalue weighted by atomic mass is 10.3. The van der Waals surface area contributed by atoms with Gasteiger partial charge < -0.3 is 20.4 Å². The first-order valence-corrected chi connectivity index (χ1v) is 7.47. The number of amides is 2. The van der Waals surface area contributed by atoms with Gasteiger partial charge in [-0.2, -0.15) is 15.0 Å². The van der Waals surface area contributed by atoms with E-state index in [0.29, 0.717) is 18.0 Å². The predicted octanol–water partition coefficient (Wildman–Crippen LogP) is 1.74. The number of carbonyl (C=O) groups excluding carboxylic acids is 1. The molecular weight excluding hydrogens is 351 g/mol. The highest BCUT2D eigenvalue weighted by molar-refractivity contribution is 5.89. The van der Waals surface area contributed by atoms with Gasteiger partial charge in [-0.25, -0.2) is 18.0 Å². The second-order valence-electron chi connectivity index (χ2n) is 5.67. The number of aromatic nitrogens is 3. The van der Waals surface area contributed by atoms with Crippen LogP contribution in [0.3, 0.4) is 0 Å². The molecule has 0 saturated heterocycles. The van der Waals surface area contributed by atoms with Gasteiger partial charge >= 0.3 is 6.03 Å². The molecule has 0 atom stereocenters. The van der Waals surface area contributed by atoms with Crippen molar-refractivity contribution < 1.29 is 18.0 Å². The fourth-order valence-corrected chi connectivity index (χ4v) is 1.82. The topological polar surface area (TPSA) is 86.3 Å². The molecule has 2 rings (SSSR count). The summed E-state index contributed by atoms with van der Waals surface area (Å²) in [6, 6.07) is 0.810. The largest absolute Gasteiger partial charge is 0.347 e. The molecule has 0 aliphatic heterocycles. The van der Waals surface area contributed by atoms with Crippen molar-refractivity contribution in [2.45, 2.75) is 6.54 Å². The molecule has 0 bridgehead atoms. The summed E-state index contributed by atoms with van der Waals surface area (Å²) in [6.45, 7) is -0.0820. The summed E-state index contributed by atoms with van der Waals surface area (Å²) >= 11 is 0. The third kappa shape index (κ3) is 4.49. The van der Waals surface area contributed by atoms with E-state index in [2.05, 4.69) is 25.6 Å². The van der Waals surface area contributed by atoms with Crippen molar-refractivity contribution in [3.8, 4) is 0 Å². The van der Waals surface area contributed by atoms with Crippen molar-refractivity contribution in [2.75, 3.05) is 43.3 Å². The fraction of sp³-hybridized carbons (Fsp3) is 0.333. The lowest BCUT2D eigenvalue weighted by Crippen LogP contribution is -2.30. The quantitative estimate of drug-likeness (QED) is 0.781. The van der Waals surface area contributed by atoms with E-state index in [1.807, 2.05) is 0 Å². The van der Waals surface area contributed by atoms with E-state index in [1.165, 1.54) is 0 Å². The number of hydrogen-bond donors (Lipinski definition) is 2. The minimum absolute atomic E-state index is 0.0820. The Labute approximate surface area is 148 Å². The lowest BCUT2D eigenvalue weighted by molar-refractivity contribution is 0.251. The molecule has 0 spiro atoms. The van der Waals surface area contributed by atoms with Gasteiger partial charge in [0.05, 0.1) is 12.2 Å². The van der Waals surface area contributed by atoms with Crippen LogP contribution in [0.4, 0.5) is 35.5 Å². The first-order valence-electron chi connectivity index (χ1n) is 7.47. The summed E-state index contributed by atoms with van der Waals surface area (Å²) in [5.41, 5.74) is -0.486. The van der Waals surface area contributed by atoms with Gasteiger partial charge in [-0.15, -0.1) is 0 Å². The average Bonchev–Trinajstić information content (AvgIpc) is 2.60. The van der Waals surface area contributed by atoms with Crippen molar-refractivity contribution in [1.82, 2.24) is 20.3 Å². The number of halogens is 3. The third-order valence-electron chi connectivity index (χ3n) is 3.15. The molecule has 0 aliphatic rings. The SMILES string of the molecule is CN(C)c1nc(CNC(=O)Nc2ccc(F)c(F)c2F)nc(N(C)C)n1. The van der Waals surface area contributed by atoms with E-state index in [-0.39, 0.29) is 12.4 Å². The highest BCUT2D eigenvalue weighted by Crippen LogP contribution is 2.19. The number of nitrogens with zero attached hydrogens (tertiary/aromatic N) is 5. The Bertz CT molecular complexity index is 788. The third-order valence-corrected chi connectivity index (χ3v) is 3.15. The molecule has 2 amide bonds. The first-order chi connectivity index (χ1) is 12.2. The molecule has 26 heavy (non-hydrogen) atoms. The van der Waals surface area contributed by atoms with Gasteiger partial charge in [0.2, 0.25) is 11.9 Å². The molecule has 1 aromatic carbocycles. The maximum Gasteiger partial charge on any atom is 0.319 e. The molecular formula is C15H18F3N7O. The number of carbonyl (C=O) groups is 1. The molecule has 0 radical (unpaired) electrons. The van der Waals surface area contributed by atoms with Gasteiger partial charge in [-0.05, 0) is 12.1 Å². The molecule has 11 heteroatoms. The normalized spacial score (nSPS) is 10.4. The molecule has 140 valence electrons. The van der Waals surface area contributed by atoms with Crippen LogP contribution in [0, 0.1) is 17.5 Å². The van der Waals surface area contributed by atoms with Gasteiger partial charge in [0, 0.05) is 28.2 Å². The van der Waals surface area contributed by atoms with Crippen molar-refractivity contribution in [3.63, 3.8) is 0 Å². The van der Waals surface area contributed by atoms with Gasteiger partial charge in [0.15, 0.2) is 23.3 Å². The van der Waals surface area contributed by atoms with E-state index in [1.54, 1.807) is 38.0 Å². The van der Waals surface area contributed by atoms with Crippen LogP contribution in [0.1, 0.15) is 5.82 Å². The summed E-state index contributed by atoms with van der Waals surface area (Å²) in [4.78, 5) is 27.8. The molecule has 0 fully saturated rings. The van der Waals surface area contributed by atoms with Crippen LogP contribution in [0.15, 0.2) is 12.1 Å². The Morgan fingerprint density at radius 2 is 1.54 bits per heavy atom. The van der Waals surface area contributed by atoms with Gasteiger partial charge in [0.25, 0.3) is 0 Å². The van der Waals surface area contributed by atoms with Crippen LogP contribution in [-0.4, -0.2) is 49.2 Å². The van der Waals surface area contributed by atoms with Crippen LogP contribution in [-0.2, 0) is 6.54 Å². The van der Waals surface area contributed by atoms with Crippen molar-refractivity contribution in [3.05, 3.63) is 35.4 Å². The first kappa shape index (κ1) is 19.2. The fourth-order valence-electron chi connectivity index (χ4n) is 1.82. The minimum Gasteiger partial charge on any atom is -0.347 e. The highest BCUT2D eigenvalue weighted by atomic mass is 19.2. The van der Waals surface area contributed by atoms with E-state index in [9.17, 15) is 18.0 Å². The zero-order valence-electron chi connectivity index (χ0n) is 14.6. The molecule has 2 aromatic rings. The van der Waals surface area contributed by atoms with E-state index >= 15 is 0 Å². The standard InChI is InChI=1S/C15H18F3N7O/c1-24(2)13-21-10(22-14(23-13)25(3)4)7-19-15(26)20-9-6-5-8(16)11(17)12(9)18/h5-6H,7H2,1-4H3,(H2,19,20,26). The number of hydrogen-bond acceptors (Lipinski definition) is 6. The number of urea groups is 1. The van der Waals surface area contributed by atoms with Crippen molar-refractivity contribution >= 4 is 23.6 Å². The van der Waals surface area contributed by atoms with Gasteiger partial charge in [-0.3, -0.25) is 0 Å².